The molecule has 0 radical (unpaired) electrons. The molecule has 0 amide bonds. The fourth-order valence-electron chi connectivity index (χ4n) is 2.80. The molecule has 0 aromatic heterocycles. The molecule has 3 unspecified atom stereocenters. The maximum Gasteiger partial charge on any atom is 0.0814 e. The van der Waals surface area contributed by atoms with Crippen LogP contribution in [0.1, 0.15) is 38.3 Å². The summed E-state index contributed by atoms with van der Waals surface area (Å²) in [6, 6.07) is 11.2. The molecule has 110 valence electrons. The summed E-state index contributed by atoms with van der Waals surface area (Å²) in [5, 5.41) is 8.96. The topological polar surface area (TPSA) is 28.2 Å². The molecule has 1 aromatic rings. The van der Waals surface area contributed by atoms with Gasteiger partial charge in [-0.05, 0) is 19.4 Å². The molecule has 20 heavy (non-hydrogen) atoms. The van der Waals surface area contributed by atoms with E-state index < -0.39 is 0 Å². The van der Waals surface area contributed by atoms with Crippen molar-refractivity contribution in [3.8, 4) is 6.07 Å². The highest BCUT2D eigenvalue weighted by Crippen LogP contribution is 2.15. The second-order valence-electron chi connectivity index (χ2n) is 5.66. The zero-order valence-electron chi connectivity index (χ0n) is 13.4. The van der Waals surface area contributed by atoms with Crippen LogP contribution >= 0.6 is 0 Å². The number of nitriles is 1. The third kappa shape index (κ3) is 4.98. The second-order valence-corrected chi connectivity index (χ2v) is 5.66. The largest absolute Gasteiger partial charge is 0.334 e. The van der Waals surface area contributed by atoms with Gasteiger partial charge in [-0.15, -0.1) is 0 Å². The van der Waals surface area contributed by atoms with Crippen molar-refractivity contribution in [1.82, 2.24) is 0 Å². The lowest BCUT2D eigenvalue weighted by Crippen LogP contribution is -3.10. The highest BCUT2D eigenvalue weighted by Gasteiger charge is 2.29. The highest BCUT2D eigenvalue weighted by atomic mass is 15.1. The summed E-state index contributed by atoms with van der Waals surface area (Å²) in [6.45, 7) is 11.8. The van der Waals surface area contributed by atoms with E-state index in [1.54, 1.807) is 4.90 Å². The number of nitrogens with one attached hydrogen (secondary N) is 1. The van der Waals surface area contributed by atoms with Gasteiger partial charge in [-0.3, -0.25) is 0 Å². The summed E-state index contributed by atoms with van der Waals surface area (Å²) in [5.41, 5.74) is 2.76. The van der Waals surface area contributed by atoms with Crippen molar-refractivity contribution in [1.29, 1.82) is 5.26 Å². The SMILES string of the molecule is CC.Cc1ccc(CC[NH+]2CCC(C(C)C#N)C2)cc1. The molecule has 1 fully saturated rings. The number of hydrogen-bond donors (Lipinski definition) is 1. The average Bonchev–Trinajstić information content (AvgIpc) is 2.97. The first kappa shape index (κ1) is 16.7. The summed E-state index contributed by atoms with van der Waals surface area (Å²) in [5.74, 6) is 0.838. The number of likely N-dealkylation sites (tertiary alicyclic amines) is 1. The van der Waals surface area contributed by atoms with Gasteiger partial charge in [0.05, 0.1) is 31.6 Å². The van der Waals surface area contributed by atoms with E-state index in [9.17, 15) is 0 Å². The zero-order valence-corrected chi connectivity index (χ0v) is 13.4. The summed E-state index contributed by atoms with van der Waals surface area (Å²) >= 11 is 0. The maximum absolute atomic E-state index is 8.96. The molecule has 1 aromatic carbocycles. The second kappa shape index (κ2) is 8.76. The number of rotatable bonds is 4. The minimum absolute atomic E-state index is 0.224. The lowest BCUT2D eigenvalue weighted by atomic mass is 9.95. The average molecular weight is 273 g/mol. The Morgan fingerprint density at radius 1 is 1.30 bits per heavy atom. The molecule has 1 saturated heterocycles. The lowest BCUT2D eigenvalue weighted by molar-refractivity contribution is -0.888. The molecule has 0 saturated carbocycles. The number of aryl methyl sites for hydroxylation is 1. The maximum atomic E-state index is 8.96. The molecule has 1 aliphatic rings. The van der Waals surface area contributed by atoms with Crippen LogP contribution in [0.15, 0.2) is 24.3 Å². The quantitative estimate of drug-likeness (QED) is 0.897. The van der Waals surface area contributed by atoms with Crippen LogP contribution in [-0.2, 0) is 6.42 Å². The Morgan fingerprint density at radius 2 is 1.95 bits per heavy atom. The normalized spacial score (nSPS) is 22.6. The van der Waals surface area contributed by atoms with Crippen molar-refractivity contribution >= 4 is 0 Å². The molecule has 2 rings (SSSR count). The third-order valence-electron chi connectivity index (χ3n) is 4.22. The van der Waals surface area contributed by atoms with Crippen LogP contribution in [0.25, 0.3) is 0 Å². The van der Waals surface area contributed by atoms with Gasteiger partial charge in [-0.25, -0.2) is 0 Å². The Balaban J connectivity index is 0.000000956. The van der Waals surface area contributed by atoms with Crippen molar-refractivity contribution in [3.63, 3.8) is 0 Å². The molecule has 1 heterocycles. The van der Waals surface area contributed by atoms with Gasteiger partial charge >= 0.3 is 0 Å². The first-order chi connectivity index (χ1) is 9.69. The van der Waals surface area contributed by atoms with Gasteiger partial charge in [0.2, 0.25) is 0 Å². The van der Waals surface area contributed by atoms with Gasteiger partial charge in [0, 0.05) is 18.8 Å². The number of nitrogens with zero attached hydrogens (tertiary/aromatic N) is 1. The van der Waals surface area contributed by atoms with Crippen LogP contribution in [0.5, 0.6) is 0 Å². The van der Waals surface area contributed by atoms with Gasteiger partial charge in [0.15, 0.2) is 0 Å². The molecule has 1 N–H and O–H groups in total. The highest BCUT2D eigenvalue weighted by molar-refractivity contribution is 5.21. The smallest absolute Gasteiger partial charge is 0.0814 e. The predicted octanol–water partition coefficient (Wildman–Crippen LogP) is 2.63. The standard InChI is InChI=1S/C16H22N2.C2H6/c1-13-3-5-15(6-4-13)7-9-18-10-8-16(12-18)14(2)11-17;1-2/h3-6,14,16H,7-10,12H2,1-2H3;1-2H3/p+1. The van der Waals surface area contributed by atoms with Gasteiger partial charge in [-0.1, -0.05) is 43.7 Å². The van der Waals surface area contributed by atoms with E-state index in [1.807, 2.05) is 13.8 Å². The molecule has 0 bridgehead atoms. The van der Waals surface area contributed by atoms with E-state index in [0.29, 0.717) is 5.92 Å². The van der Waals surface area contributed by atoms with E-state index in [0.717, 1.165) is 6.42 Å². The molecule has 2 nitrogen and oxygen atoms in total. The Labute approximate surface area is 124 Å². The summed E-state index contributed by atoms with van der Waals surface area (Å²) < 4.78 is 0. The van der Waals surface area contributed by atoms with Gasteiger partial charge in [-0.2, -0.15) is 5.26 Å². The summed E-state index contributed by atoms with van der Waals surface area (Å²) in [7, 11) is 0. The number of quaternary nitrogens is 1. The van der Waals surface area contributed by atoms with Crippen molar-refractivity contribution in [3.05, 3.63) is 35.4 Å². The van der Waals surface area contributed by atoms with E-state index in [-0.39, 0.29) is 5.92 Å². The van der Waals surface area contributed by atoms with E-state index >= 15 is 0 Å². The summed E-state index contributed by atoms with van der Waals surface area (Å²) in [6.07, 6.45) is 2.38. The van der Waals surface area contributed by atoms with Crippen LogP contribution in [0.4, 0.5) is 0 Å². The fourth-order valence-corrected chi connectivity index (χ4v) is 2.80. The molecule has 1 aliphatic heterocycles. The van der Waals surface area contributed by atoms with Crippen LogP contribution in [0, 0.1) is 30.1 Å². The van der Waals surface area contributed by atoms with E-state index in [4.69, 9.17) is 5.26 Å². The summed E-state index contributed by atoms with van der Waals surface area (Å²) in [4.78, 5) is 1.67. The predicted molar refractivity (Wildman–Crippen MR) is 84.7 cm³/mol. The molecule has 2 heteroatoms. The Hall–Kier alpha value is -1.33. The molecule has 0 spiro atoms. The Morgan fingerprint density at radius 3 is 2.55 bits per heavy atom. The van der Waals surface area contributed by atoms with Gasteiger partial charge in [0.25, 0.3) is 0 Å². The van der Waals surface area contributed by atoms with Crippen molar-refractivity contribution in [2.24, 2.45) is 11.8 Å². The van der Waals surface area contributed by atoms with Gasteiger partial charge < -0.3 is 4.90 Å². The van der Waals surface area contributed by atoms with E-state index in [2.05, 4.69) is 44.2 Å². The van der Waals surface area contributed by atoms with Crippen LogP contribution in [0.2, 0.25) is 0 Å². The minimum atomic E-state index is 0.224. The third-order valence-corrected chi connectivity index (χ3v) is 4.22. The molecular formula is C18H29N2+. The minimum Gasteiger partial charge on any atom is -0.334 e. The first-order valence-corrected chi connectivity index (χ1v) is 7.98. The lowest BCUT2D eigenvalue weighted by Gasteiger charge is -2.14. The number of benzene rings is 1. The fraction of sp³-hybridized carbons (Fsp3) is 0.611. The molecular weight excluding hydrogens is 244 g/mol. The van der Waals surface area contributed by atoms with Crippen LogP contribution < -0.4 is 4.90 Å². The zero-order chi connectivity index (χ0) is 15.0. The molecule has 0 aliphatic carbocycles. The number of hydrogen-bond acceptors (Lipinski definition) is 1. The van der Waals surface area contributed by atoms with Crippen molar-refractivity contribution < 1.29 is 4.90 Å². The Bertz CT molecular complexity index is 416. The van der Waals surface area contributed by atoms with Crippen LogP contribution in [0.3, 0.4) is 0 Å². The van der Waals surface area contributed by atoms with Crippen molar-refractivity contribution in [2.45, 2.75) is 40.5 Å². The molecule has 3 atom stereocenters. The van der Waals surface area contributed by atoms with Gasteiger partial charge in [0.1, 0.15) is 0 Å². The van der Waals surface area contributed by atoms with Crippen molar-refractivity contribution in [2.75, 3.05) is 19.6 Å². The first-order valence-electron chi connectivity index (χ1n) is 7.98. The Kier molecular flexibility index (Phi) is 7.33. The monoisotopic (exact) mass is 273 g/mol. The van der Waals surface area contributed by atoms with E-state index in [1.165, 1.54) is 37.2 Å². The van der Waals surface area contributed by atoms with Crippen LogP contribution in [-0.4, -0.2) is 19.6 Å².